The first-order chi connectivity index (χ1) is 20.5. The molecule has 0 aromatic heterocycles. The number of carboxylic acid groups (broad SMARTS) is 1. The molecule has 3 rings (SSSR count). The average Bonchev–Trinajstić information content (AvgIpc) is 3.23. The van der Waals surface area contributed by atoms with Gasteiger partial charge in [-0.05, 0) is 76.6 Å². The van der Waals surface area contributed by atoms with Gasteiger partial charge in [-0.1, -0.05) is 48.5 Å². The summed E-state index contributed by atoms with van der Waals surface area (Å²) in [6.07, 6.45) is -2.08. The first kappa shape index (κ1) is 34.2. The number of benzene rings is 2. The molecule has 1 aliphatic rings. The topological polar surface area (TPSA) is 171 Å². The molecule has 0 saturated heterocycles. The van der Waals surface area contributed by atoms with Crippen molar-refractivity contribution in [2.45, 2.75) is 90.0 Å². The zero-order chi connectivity index (χ0) is 32.8. The van der Waals surface area contributed by atoms with Gasteiger partial charge < -0.3 is 30.4 Å². The predicted octanol–water partition coefficient (Wildman–Crippen LogP) is 4.34. The molecule has 1 amide bonds. The molecule has 2 aromatic rings. The SMILES string of the molecule is CC(C)(C)OC(=O)CCC(NC(=O)OCC1c2ccccc2-c2ccccc21)C(=O)C(CC(N)C(=O)OC(C)(C)C)C(=O)O. The number of ketones is 1. The monoisotopic (exact) mass is 610 g/mol. The summed E-state index contributed by atoms with van der Waals surface area (Å²) in [5, 5.41) is 12.3. The van der Waals surface area contributed by atoms with Gasteiger partial charge in [-0.2, -0.15) is 0 Å². The van der Waals surface area contributed by atoms with E-state index in [0.29, 0.717) is 0 Å². The third-order valence-electron chi connectivity index (χ3n) is 6.88. The summed E-state index contributed by atoms with van der Waals surface area (Å²) < 4.78 is 16.1. The highest BCUT2D eigenvalue weighted by atomic mass is 16.6. The second-order valence-electron chi connectivity index (χ2n) is 12.8. The highest BCUT2D eigenvalue weighted by Crippen LogP contribution is 2.44. The fraction of sp³-hybridized carbons (Fsp3) is 0.485. The molecule has 0 radical (unpaired) electrons. The maximum absolute atomic E-state index is 13.5. The molecule has 1 aliphatic carbocycles. The van der Waals surface area contributed by atoms with Crippen LogP contribution in [0.2, 0.25) is 0 Å². The number of carbonyl (C=O) groups is 5. The first-order valence-electron chi connectivity index (χ1n) is 14.5. The van der Waals surface area contributed by atoms with Crippen molar-refractivity contribution in [2.75, 3.05) is 6.61 Å². The second kappa shape index (κ2) is 14.0. The summed E-state index contributed by atoms with van der Waals surface area (Å²) in [4.78, 5) is 63.6. The van der Waals surface area contributed by atoms with E-state index in [-0.39, 0.29) is 25.4 Å². The molecule has 0 aliphatic heterocycles. The van der Waals surface area contributed by atoms with Gasteiger partial charge in [0.2, 0.25) is 0 Å². The van der Waals surface area contributed by atoms with E-state index in [1.54, 1.807) is 41.5 Å². The molecule has 238 valence electrons. The van der Waals surface area contributed by atoms with Gasteiger partial charge in [0.05, 0.1) is 6.04 Å². The third-order valence-corrected chi connectivity index (χ3v) is 6.88. The number of hydrogen-bond acceptors (Lipinski definition) is 9. The van der Waals surface area contributed by atoms with Gasteiger partial charge in [0.25, 0.3) is 0 Å². The number of rotatable bonds is 12. The molecular formula is C33H42N2O9. The quantitative estimate of drug-likeness (QED) is 0.178. The lowest BCUT2D eigenvalue weighted by Gasteiger charge is -2.25. The van der Waals surface area contributed by atoms with Crippen LogP contribution in [0.15, 0.2) is 48.5 Å². The van der Waals surface area contributed by atoms with Crippen molar-refractivity contribution in [3.63, 3.8) is 0 Å². The highest BCUT2D eigenvalue weighted by molar-refractivity contribution is 6.02. The predicted molar refractivity (Wildman–Crippen MR) is 162 cm³/mol. The van der Waals surface area contributed by atoms with Gasteiger partial charge in [0.1, 0.15) is 29.8 Å². The van der Waals surface area contributed by atoms with Crippen LogP contribution in [0.4, 0.5) is 4.79 Å². The minimum absolute atomic E-state index is 0.0429. The molecule has 0 heterocycles. The smallest absolute Gasteiger partial charge is 0.407 e. The zero-order valence-corrected chi connectivity index (χ0v) is 26.0. The Kier molecular flexibility index (Phi) is 10.9. The summed E-state index contributed by atoms with van der Waals surface area (Å²) in [5.41, 5.74) is 8.29. The zero-order valence-electron chi connectivity index (χ0n) is 26.0. The number of nitrogens with one attached hydrogen (secondary N) is 1. The number of nitrogens with two attached hydrogens (primary N) is 1. The van der Waals surface area contributed by atoms with Crippen molar-refractivity contribution >= 4 is 29.8 Å². The number of fused-ring (bicyclic) bond motifs is 3. The summed E-state index contributed by atoms with van der Waals surface area (Å²) in [7, 11) is 0. The summed E-state index contributed by atoms with van der Waals surface area (Å²) >= 11 is 0. The van der Waals surface area contributed by atoms with Crippen LogP contribution in [0.3, 0.4) is 0 Å². The van der Waals surface area contributed by atoms with Gasteiger partial charge in [-0.3, -0.25) is 19.2 Å². The van der Waals surface area contributed by atoms with E-state index < -0.39 is 65.4 Å². The maximum Gasteiger partial charge on any atom is 0.407 e. The molecule has 44 heavy (non-hydrogen) atoms. The number of hydrogen-bond donors (Lipinski definition) is 3. The number of amides is 1. The Morgan fingerprint density at radius 3 is 1.89 bits per heavy atom. The first-order valence-corrected chi connectivity index (χ1v) is 14.5. The standard InChI is InChI=1S/C33H42N2O9/c1-32(2,3)43-27(36)16-15-26(28(37)23(29(38)39)17-25(34)30(40)44-33(4,5)6)35-31(41)42-18-24-21-13-9-7-11-19(21)20-12-8-10-14-22(20)24/h7-14,23-26H,15-18,34H2,1-6H3,(H,35,41)(H,38,39). The minimum atomic E-state index is -1.77. The van der Waals surface area contributed by atoms with Crippen molar-refractivity contribution in [3.8, 4) is 11.1 Å². The molecule has 0 bridgehead atoms. The van der Waals surface area contributed by atoms with Crippen molar-refractivity contribution in [1.29, 1.82) is 0 Å². The average molecular weight is 611 g/mol. The molecule has 0 saturated carbocycles. The molecule has 3 atom stereocenters. The Labute approximate surface area is 257 Å². The largest absolute Gasteiger partial charge is 0.481 e. The molecule has 3 unspecified atom stereocenters. The lowest BCUT2D eigenvalue weighted by molar-refractivity contribution is -0.157. The summed E-state index contributed by atoms with van der Waals surface area (Å²) in [6.45, 7) is 9.88. The van der Waals surface area contributed by atoms with Crippen LogP contribution in [-0.2, 0) is 33.4 Å². The van der Waals surface area contributed by atoms with Crippen LogP contribution < -0.4 is 11.1 Å². The Morgan fingerprint density at radius 1 is 0.864 bits per heavy atom. The molecule has 4 N–H and O–H groups in total. The molecule has 0 fully saturated rings. The normalized spacial score (nSPS) is 14.8. The lowest BCUT2D eigenvalue weighted by Crippen LogP contribution is -2.48. The van der Waals surface area contributed by atoms with Gasteiger partial charge in [0.15, 0.2) is 5.78 Å². The van der Waals surface area contributed by atoms with Gasteiger partial charge >= 0.3 is 24.0 Å². The fourth-order valence-corrected chi connectivity index (χ4v) is 5.03. The molecule has 11 nitrogen and oxygen atoms in total. The van der Waals surface area contributed by atoms with E-state index >= 15 is 0 Å². The van der Waals surface area contributed by atoms with E-state index in [1.165, 1.54) is 0 Å². The molecule has 2 aromatic carbocycles. The maximum atomic E-state index is 13.5. The Bertz CT molecular complexity index is 1340. The number of carbonyl (C=O) groups excluding carboxylic acids is 4. The van der Waals surface area contributed by atoms with E-state index in [1.807, 2.05) is 48.5 Å². The summed E-state index contributed by atoms with van der Waals surface area (Å²) in [5.74, 6) is -6.00. The number of ether oxygens (including phenoxy) is 3. The van der Waals surface area contributed by atoms with Gasteiger partial charge in [0, 0.05) is 12.3 Å². The number of alkyl carbamates (subject to hydrolysis) is 1. The highest BCUT2D eigenvalue weighted by Gasteiger charge is 2.38. The van der Waals surface area contributed by atoms with Crippen LogP contribution in [0.25, 0.3) is 11.1 Å². The van der Waals surface area contributed by atoms with Gasteiger partial charge in [-0.25, -0.2) is 4.79 Å². The van der Waals surface area contributed by atoms with Gasteiger partial charge in [-0.15, -0.1) is 0 Å². The molecular weight excluding hydrogens is 568 g/mol. The third kappa shape index (κ3) is 9.37. The van der Waals surface area contributed by atoms with Crippen molar-refractivity contribution < 1.29 is 43.3 Å². The second-order valence-corrected chi connectivity index (χ2v) is 12.8. The Hall–Kier alpha value is -4.25. The number of esters is 2. The van der Waals surface area contributed by atoms with E-state index in [0.717, 1.165) is 22.3 Å². The van der Waals surface area contributed by atoms with Crippen molar-refractivity contribution in [3.05, 3.63) is 59.7 Å². The Balaban J connectivity index is 1.76. The van der Waals surface area contributed by atoms with Crippen LogP contribution in [0, 0.1) is 5.92 Å². The van der Waals surface area contributed by atoms with E-state index in [9.17, 15) is 29.1 Å². The van der Waals surface area contributed by atoms with Crippen LogP contribution in [-0.4, -0.2) is 64.8 Å². The number of aliphatic carboxylic acids is 1. The van der Waals surface area contributed by atoms with Crippen molar-refractivity contribution in [2.24, 2.45) is 11.7 Å². The van der Waals surface area contributed by atoms with Crippen molar-refractivity contribution in [1.82, 2.24) is 5.32 Å². The fourth-order valence-electron chi connectivity index (χ4n) is 5.03. The van der Waals surface area contributed by atoms with Crippen LogP contribution in [0.1, 0.15) is 77.8 Å². The molecule has 0 spiro atoms. The number of carboxylic acids is 1. The van der Waals surface area contributed by atoms with Crippen LogP contribution >= 0.6 is 0 Å². The summed E-state index contributed by atoms with van der Waals surface area (Å²) in [6, 6.07) is 12.7. The minimum Gasteiger partial charge on any atom is -0.481 e. The van der Waals surface area contributed by atoms with E-state index in [4.69, 9.17) is 19.9 Å². The van der Waals surface area contributed by atoms with Crippen LogP contribution in [0.5, 0.6) is 0 Å². The van der Waals surface area contributed by atoms with E-state index in [2.05, 4.69) is 5.32 Å². The molecule has 11 heteroatoms. The Morgan fingerprint density at radius 2 is 1.39 bits per heavy atom. The number of Topliss-reactive ketones (excluding diaryl/α,β-unsaturated/α-hetero) is 1. The lowest BCUT2D eigenvalue weighted by atomic mass is 9.89.